The summed E-state index contributed by atoms with van der Waals surface area (Å²) in [5.74, 6) is 0.308. The molecule has 4 rings (SSSR count). The lowest BCUT2D eigenvalue weighted by Crippen LogP contribution is -2.46. The first-order chi connectivity index (χ1) is 14.1. The minimum atomic E-state index is 0.125. The number of hydrogen-bond acceptors (Lipinski definition) is 3. The van der Waals surface area contributed by atoms with Crippen LogP contribution in [0, 0.1) is 5.92 Å². The van der Waals surface area contributed by atoms with E-state index in [2.05, 4.69) is 27.3 Å². The zero-order valence-electron chi connectivity index (χ0n) is 16.3. The molecule has 6 heteroatoms. The lowest BCUT2D eigenvalue weighted by Gasteiger charge is -2.36. The third kappa shape index (κ3) is 5.53. The van der Waals surface area contributed by atoms with E-state index >= 15 is 0 Å². The molecule has 0 bridgehead atoms. The first-order valence-electron chi connectivity index (χ1n) is 10.1. The number of nitrogens with zero attached hydrogens (tertiary/aromatic N) is 2. The molecule has 4 nitrogen and oxygen atoms in total. The SMILES string of the molecule is O=C(Nc1ccc(Cl)cc1N1CCN(CC=Cc2ccc(Cl)cc2)CC1)C1CC1. The second kappa shape index (κ2) is 9.21. The Morgan fingerprint density at radius 1 is 1.00 bits per heavy atom. The first-order valence-corrected chi connectivity index (χ1v) is 10.8. The Morgan fingerprint density at radius 3 is 2.38 bits per heavy atom. The van der Waals surface area contributed by atoms with Gasteiger partial charge in [-0.3, -0.25) is 9.69 Å². The van der Waals surface area contributed by atoms with Gasteiger partial charge in [0.2, 0.25) is 5.91 Å². The maximum atomic E-state index is 12.2. The second-order valence-electron chi connectivity index (χ2n) is 7.67. The van der Waals surface area contributed by atoms with Gasteiger partial charge in [0.1, 0.15) is 0 Å². The van der Waals surface area contributed by atoms with Crippen LogP contribution in [0.2, 0.25) is 10.0 Å². The van der Waals surface area contributed by atoms with Crippen LogP contribution in [-0.2, 0) is 4.79 Å². The highest BCUT2D eigenvalue weighted by Gasteiger charge is 2.30. The van der Waals surface area contributed by atoms with Crippen molar-refractivity contribution in [3.63, 3.8) is 0 Å². The smallest absolute Gasteiger partial charge is 0.227 e. The summed E-state index contributed by atoms with van der Waals surface area (Å²) in [4.78, 5) is 17.0. The van der Waals surface area contributed by atoms with Gasteiger partial charge in [0.25, 0.3) is 0 Å². The molecule has 1 aliphatic heterocycles. The zero-order valence-corrected chi connectivity index (χ0v) is 17.8. The van der Waals surface area contributed by atoms with Gasteiger partial charge < -0.3 is 10.2 Å². The van der Waals surface area contributed by atoms with Gasteiger partial charge >= 0.3 is 0 Å². The quantitative estimate of drug-likeness (QED) is 0.686. The summed E-state index contributed by atoms with van der Waals surface area (Å²) in [5.41, 5.74) is 3.04. The van der Waals surface area contributed by atoms with E-state index in [1.165, 1.54) is 0 Å². The summed E-state index contributed by atoms with van der Waals surface area (Å²) in [6.07, 6.45) is 6.32. The highest BCUT2D eigenvalue weighted by Crippen LogP contribution is 2.34. The number of carbonyl (C=O) groups is 1. The van der Waals surface area contributed by atoms with Gasteiger partial charge in [-0.2, -0.15) is 0 Å². The summed E-state index contributed by atoms with van der Waals surface area (Å²) in [6.45, 7) is 4.65. The number of piperazine rings is 1. The van der Waals surface area contributed by atoms with Gasteiger partial charge in [-0.15, -0.1) is 0 Å². The van der Waals surface area contributed by atoms with Crippen molar-refractivity contribution in [3.05, 3.63) is 64.1 Å². The topological polar surface area (TPSA) is 35.6 Å². The lowest BCUT2D eigenvalue weighted by atomic mass is 10.2. The van der Waals surface area contributed by atoms with Crippen LogP contribution in [0.15, 0.2) is 48.5 Å². The maximum Gasteiger partial charge on any atom is 0.227 e. The van der Waals surface area contributed by atoms with Gasteiger partial charge in [-0.25, -0.2) is 0 Å². The zero-order chi connectivity index (χ0) is 20.2. The predicted molar refractivity (Wildman–Crippen MR) is 122 cm³/mol. The molecular formula is C23H25Cl2N3O. The number of halogens is 2. The molecule has 0 unspecified atom stereocenters. The normalized spacial score (nSPS) is 17.7. The van der Waals surface area contributed by atoms with E-state index in [1.807, 2.05) is 42.5 Å². The van der Waals surface area contributed by atoms with E-state index in [0.717, 1.165) is 67.5 Å². The molecule has 152 valence electrons. The van der Waals surface area contributed by atoms with Gasteiger partial charge in [0, 0.05) is 48.7 Å². The van der Waals surface area contributed by atoms with Crippen molar-refractivity contribution >= 4 is 46.6 Å². The Kier molecular flexibility index (Phi) is 6.43. The van der Waals surface area contributed by atoms with Crippen molar-refractivity contribution < 1.29 is 4.79 Å². The van der Waals surface area contributed by atoms with Crippen molar-refractivity contribution in [2.45, 2.75) is 12.8 Å². The summed E-state index contributed by atoms with van der Waals surface area (Å²) in [7, 11) is 0. The lowest BCUT2D eigenvalue weighted by molar-refractivity contribution is -0.117. The Labute approximate surface area is 182 Å². The highest BCUT2D eigenvalue weighted by molar-refractivity contribution is 6.31. The minimum absolute atomic E-state index is 0.125. The third-order valence-electron chi connectivity index (χ3n) is 5.42. The maximum absolute atomic E-state index is 12.2. The first kappa shape index (κ1) is 20.3. The Hall–Kier alpha value is -2.01. The van der Waals surface area contributed by atoms with Crippen LogP contribution in [0.1, 0.15) is 18.4 Å². The molecule has 1 saturated heterocycles. The molecule has 2 aliphatic rings. The molecule has 29 heavy (non-hydrogen) atoms. The van der Waals surface area contributed by atoms with Crippen LogP contribution >= 0.6 is 23.2 Å². The number of amides is 1. The van der Waals surface area contributed by atoms with Gasteiger partial charge in [0.05, 0.1) is 11.4 Å². The summed E-state index contributed by atoms with van der Waals surface area (Å²) < 4.78 is 0. The fourth-order valence-corrected chi connectivity index (χ4v) is 3.83. The molecule has 2 aromatic rings. The molecular weight excluding hydrogens is 405 g/mol. The van der Waals surface area contributed by atoms with Gasteiger partial charge in [-0.1, -0.05) is 47.5 Å². The van der Waals surface area contributed by atoms with Crippen LogP contribution in [0.4, 0.5) is 11.4 Å². The van der Waals surface area contributed by atoms with Crippen LogP contribution < -0.4 is 10.2 Å². The number of carbonyl (C=O) groups excluding carboxylic acids is 1. The monoisotopic (exact) mass is 429 g/mol. The standard InChI is InChI=1S/C23H25Cl2N3O/c24-19-7-3-17(4-8-19)2-1-11-27-12-14-28(15-13-27)22-16-20(25)9-10-21(22)26-23(29)18-5-6-18/h1-4,7-10,16,18H,5-6,11-15H2,(H,26,29). The number of benzene rings is 2. The fourth-order valence-electron chi connectivity index (χ4n) is 3.54. The van der Waals surface area contributed by atoms with E-state index in [-0.39, 0.29) is 11.8 Å². The number of nitrogens with one attached hydrogen (secondary N) is 1. The van der Waals surface area contributed by atoms with Crippen molar-refractivity contribution in [2.75, 3.05) is 42.9 Å². The van der Waals surface area contributed by atoms with Gasteiger partial charge in [0.15, 0.2) is 0 Å². The molecule has 1 amide bonds. The van der Waals surface area contributed by atoms with E-state index in [1.54, 1.807) is 0 Å². The molecule has 0 atom stereocenters. The van der Waals surface area contributed by atoms with Crippen LogP contribution in [0.3, 0.4) is 0 Å². The Bertz CT molecular complexity index is 885. The van der Waals surface area contributed by atoms with Gasteiger partial charge in [-0.05, 0) is 48.7 Å². The van der Waals surface area contributed by atoms with Crippen LogP contribution in [0.25, 0.3) is 6.08 Å². The predicted octanol–water partition coefficient (Wildman–Crippen LogP) is 5.18. The van der Waals surface area contributed by atoms with Crippen molar-refractivity contribution in [1.29, 1.82) is 0 Å². The molecule has 2 fully saturated rings. The van der Waals surface area contributed by atoms with E-state index < -0.39 is 0 Å². The number of anilines is 2. The average Bonchev–Trinajstić information content (AvgIpc) is 3.57. The Morgan fingerprint density at radius 2 is 1.69 bits per heavy atom. The third-order valence-corrected chi connectivity index (χ3v) is 5.91. The summed E-state index contributed by atoms with van der Waals surface area (Å²) in [6, 6.07) is 13.6. The molecule has 0 aromatic heterocycles. The molecule has 2 aromatic carbocycles. The molecule has 1 aliphatic carbocycles. The van der Waals surface area contributed by atoms with E-state index in [0.29, 0.717) is 5.02 Å². The Balaban J connectivity index is 1.33. The molecule has 0 radical (unpaired) electrons. The van der Waals surface area contributed by atoms with Crippen LogP contribution in [0.5, 0.6) is 0 Å². The summed E-state index contributed by atoms with van der Waals surface area (Å²) >= 11 is 12.2. The largest absolute Gasteiger partial charge is 0.367 e. The highest BCUT2D eigenvalue weighted by atomic mass is 35.5. The molecule has 1 heterocycles. The van der Waals surface area contributed by atoms with Crippen molar-refractivity contribution in [1.82, 2.24) is 4.90 Å². The fraction of sp³-hybridized carbons (Fsp3) is 0.348. The minimum Gasteiger partial charge on any atom is -0.367 e. The van der Waals surface area contributed by atoms with Crippen LogP contribution in [-0.4, -0.2) is 43.5 Å². The van der Waals surface area contributed by atoms with E-state index in [4.69, 9.17) is 23.2 Å². The molecule has 1 N–H and O–H groups in total. The average molecular weight is 430 g/mol. The van der Waals surface area contributed by atoms with E-state index in [9.17, 15) is 4.79 Å². The molecule has 1 saturated carbocycles. The second-order valence-corrected chi connectivity index (χ2v) is 8.54. The number of hydrogen-bond donors (Lipinski definition) is 1. The number of rotatable bonds is 6. The van der Waals surface area contributed by atoms with Crippen molar-refractivity contribution in [2.24, 2.45) is 5.92 Å². The summed E-state index contributed by atoms with van der Waals surface area (Å²) in [5, 5.41) is 4.54. The molecule has 0 spiro atoms. The van der Waals surface area contributed by atoms with Crippen molar-refractivity contribution in [3.8, 4) is 0 Å².